The predicted octanol–water partition coefficient (Wildman–Crippen LogP) is 4.77. The SMILES string of the molecule is Cc1ccc2nc(N)nc(CC(C)(C)SCc3ccccc3)c2c1. The number of hydrogen-bond acceptors (Lipinski definition) is 4. The fraction of sp³-hybridized carbons (Fsp3) is 0.300. The lowest BCUT2D eigenvalue weighted by Crippen LogP contribution is -2.20. The molecule has 3 rings (SSSR count). The van der Waals surface area contributed by atoms with Gasteiger partial charge < -0.3 is 5.73 Å². The summed E-state index contributed by atoms with van der Waals surface area (Å²) in [6, 6.07) is 16.8. The lowest BCUT2D eigenvalue weighted by molar-refractivity contribution is 0.696. The zero-order chi connectivity index (χ0) is 17.2. The molecule has 0 bridgehead atoms. The molecule has 0 saturated carbocycles. The van der Waals surface area contributed by atoms with E-state index in [0.29, 0.717) is 5.95 Å². The van der Waals surface area contributed by atoms with E-state index in [1.165, 1.54) is 11.1 Å². The summed E-state index contributed by atoms with van der Waals surface area (Å²) < 4.78 is 0.0628. The molecule has 1 heterocycles. The number of thioether (sulfide) groups is 1. The molecule has 0 aliphatic rings. The van der Waals surface area contributed by atoms with Gasteiger partial charge in [-0.3, -0.25) is 0 Å². The van der Waals surface area contributed by atoms with Crippen molar-refractivity contribution < 1.29 is 0 Å². The highest BCUT2D eigenvalue weighted by molar-refractivity contribution is 7.99. The van der Waals surface area contributed by atoms with Crippen molar-refractivity contribution in [2.45, 2.75) is 37.7 Å². The molecule has 3 aromatic rings. The summed E-state index contributed by atoms with van der Waals surface area (Å²) in [5.74, 6) is 1.34. The summed E-state index contributed by atoms with van der Waals surface area (Å²) in [6.45, 7) is 6.62. The first-order valence-corrected chi connectivity index (χ1v) is 9.12. The normalized spacial score (nSPS) is 11.8. The predicted molar refractivity (Wildman–Crippen MR) is 104 cm³/mol. The molecule has 24 heavy (non-hydrogen) atoms. The summed E-state index contributed by atoms with van der Waals surface area (Å²) >= 11 is 1.94. The minimum atomic E-state index is 0.0628. The first-order valence-electron chi connectivity index (χ1n) is 8.14. The van der Waals surface area contributed by atoms with Crippen molar-refractivity contribution in [3.8, 4) is 0 Å². The quantitative estimate of drug-likeness (QED) is 0.728. The minimum Gasteiger partial charge on any atom is -0.368 e. The van der Waals surface area contributed by atoms with Gasteiger partial charge in [0.1, 0.15) is 0 Å². The monoisotopic (exact) mass is 337 g/mol. The van der Waals surface area contributed by atoms with Crippen molar-refractivity contribution in [3.05, 3.63) is 65.4 Å². The van der Waals surface area contributed by atoms with Crippen LogP contribution in [-0.2, 0) is 12.2 Å². The summed E-state index contributed by atoms with van der Waals surface area (Å²) in [5.41, 5.74) is 10.4. The third-order valence-electron chi connectivity index (χ3n) is 4.01. The number of rotatable bonds is 5. The molecule has 0 radical (unpaired) electrons. The number of fused-ring (bicyclic) bond motifs is 1. The molecule has 0 aliphatic carbocycles. The molecule has 0 amide bonds. The average molecular weight is 337 g/mol. The number of benzene rings is 2. The summed E-state index contributed by atoms with van der Waals surface area (Å²) in [7, 11) is 0. The molecular weight excluding hydrogens is 314 g/mol. The Morgan fingerprint density at radius 2 is 1.79 bits per heavy atom. The van der Waals surface area contributed by atoms with Crippen LogP contribution in [0.5, 0.6) is 0 Å². The van der Waals surface area contributed by atoms with Crippen LogP contribution in [0.4, 0.5) is 5.95 Å². The average Bonchev–Trinajstić information content (AvgIpc) is 2.54. The van der Waals surface area contributed by atoms with Crippen molar-refractivity contribution in [1.82, 2.24) is 9.97 Å². The maximum atomic E-state index is 5.92. The third kappa shape index (κ3) is 4.06. The first kappa shape index (κ1) is 16.8. The fourth-order valence-corrected chi connectivity index (χ4v) is 3.76. The van der Waals surface area contributed by atoms with E-state index in [9.17, 15) is 0 Å². The summed E-state index contributed by atoms with van der Waals surface area (Å²) in [6.07, 6.45) is 0.858. The van der Waals surface area contributed by atoms with Crippen LogP contribution in [0.1, 0.15) is 30.7 Å². The molecule has 0 aliphatic heterocycles. The van der Waals surface area contributed by atoms with E-state index < -0.39 is 0 Å². The van der Waals surface area contributed by atoms with Crippen LogP contribution in [0.2, 0.25) is 0 Å². The highest BCUT2D eigenvalue weighted by atomic mass is 32.2. The minimum absolute atomic E-state index is 0.0628. The first-order chi connectivity index (χ1) is 11.4. The Hall–Kier alpha value is -2.07. The van der Waals surface area contributed by atoms with Gasteiger partial charge in [0.2, 0.25) is 5.95 Å². The second-order valence-electron chi connectivity index (χ2n) is 6.76. The Labute approximate surface area is 147 Å². The van der Waals surface area contributed by atoms with Gasteiger partial charge in [0.05, 0.1) is 11.2 Å². The van der Waals surface area contributed by atoms with Crippen molar-refractivity contribution >= 4 is 28.6 Å². The van der Waals surface area contributed by atoms with Gasteiger partial charge in [-0.25, -0.2) is 9.97 Å². The smallest absolute Gasteiger partial charge is 0.220 e. The number of nitrogen functional groups attached to an aromatic ring is 1. The van der Waals surface area contributed by atoms with Gasteiger partial charge in [0.15, 0.2) is 0 Å². The van der Waals surface area contributed by atoms with Gasteiger partial charge in [0.25, 0.3) is 0 Å². The Bertz CT molecular complexity index is 844. The third-order valence-corrected chi connectivity index (χ3v) is 5.42. The van der Waals surface area contributed by atoms with Gasteiger partial charge >= 0.3 is 0 Å². The number of nitrogens with two attached hydrogens (primary N) is 1. The molecule has 3 nitrogen and oxygen atoms in total. The van der Waals surface area contributed by atoms with Gasteiger partial charge in [0, 0.05) is 22.3 Å². The van der Waals surface area contributed by atoms with Crippen molar-refractivity contribution in [1.29, 1.82) is 0 Å². The van der Waals surface area contributed by atoms with Gasteiger partial charge in [-0.15, -0.1) is 0 Å². The largest absolute Gasteiger partial charge is 0.368 e. The van der Waals surface area contributed by atoms with Crippen LogP contribution >= 0.6 is 11.8 Å². The molecule has 2 aromatic carbocycles. The Kier molecular flexibility index (Phi) is 4.76. The van der Waals surface area contributed by atoms with E-state index in [0.717, 1.165) is 28.8 Å². The van der Waals surface area contributed by atoms with Crippen LogP contribution in [-0.4, -0.2) is 14.7 Å². The molecule has 124 valence electrons. The Morgan fingerprint density at radius 1 is 1.04 bits per heavy atom. The molecule has 0 fully saturated rings. The molecule has 1 aromatic heterocycles. The Morgan fingerprint density at radius 3 is 2.54 bits per heavy atom. The van der Waals surface area contributed by atoms with Gasteiger partial charge in [-0.2, -0.15) is 11.8 Å². The van der Waals surface area contributed by atoms with Crippen molar-refractivity contribution in [2.75, 3.05) is 5.73 Å². The van der Waals surface area contributed by atoms with Crippen LogP contribution in [0.25, 0.3) is 10.9 Å². The molecule has 0 atom stereocenters. The zero-order valence-electron chi connectivity index (χ0n) is 14.4. The number of hydrogen-bond donors (Lipinski definition) is 1. The number of aromatic nitrogens is 2. The molecule has 0 saturated heterocycles. The van der Waals surface area contributed by atoms with E-state index in [-0.39, 0.29) is 4.75 Å². The number of anilines is 1. The number of aryl methyl sites for hydroxylation is 1. The van der Waals surface area contributed by atoms with E-state index in [1.54, 1.807) is 0 Å². The summed E-state index contributed by atoms with van der Waals surface area (Å²) in [4.78, 5) is 8.90. The van der Waals surface area contributed by atoms with Gasteiger partial charge in [-0.05, 0) is 24.6 Å². The van der Waals surface area contributed by atoms with E-state index in [2.05, 4.69) is 73.2 Å². The van der Waals surface area contributed by atoms with E-state index in [1.807, 2.05) is 17.8 Å². The van der Waals surface area contributed by atoms with Crippen LogP contribution in [0.15, 0.2) is 48.5 Å². The molecular formula is C20H23N3S. The highest BCUT2D eigenvalue weighted by Gasteiger charge is 2.22. The van der Waals surface area contributed by atoms with Crippen molar-refractivity contribution in [3.63, 3.8) is 0 Å². The lowest BCUT2D eigenvalue weighted by Gasteiger charge is -2.24. The highest BCUT2D eigenvalue weighted by Crippen LogP contribution is 2.33. The van der Waals surface area contributed by atoms with Crippen LogP contribution in [0, 0.1) is 6.92 Å². The molecule has 4 heteroatoms. The van der Waals surface area contributed by atoms with Crippen molar-refractivity contribution in [2.24, 2.45) is 0 Å². The van der Waals surface area contributed by atoms with Crippen LogP contribution < -0.4 is 5.73 Å². The molecule has 0 unspecified atom stereocenters. The lowest BCUT2D eigenvalue weighted by atomic mass is 10.0. The standard InChI is InChI=1S/C20H23N3S/c1-14-9-10-17-16(11-14)18(23-19(21)22-17)12-20(2,3)24-13-15-7-5-4-6-8-15/h4-11H,12-13H2,1-3H3,(H2,21,22,23). The second-order valence-corrected chi connectivity index (χ2v) is 8.44. The topological polar surface area (TPSA) is 51.8 Å². The maximum Gasteiger partial charge on any atom is 0.220 e. The van der Waals surface area contributed by atoms with E-state index >= 15 is 0 Å². The van der Waals surface area contributed by atoms with E-state index in [4.69, 9.17) is 5.73 Å². The second kappa shape index (κ2) is 6.81. The zero-order valence-corrected chi connectivity index (χ0v) is 15.2. The maximum absolute atomic E-state index is 5.92. The molecule has 0 spiro atoms. The van der Waals surface area contributed by atoms with Crippen LogP contribution in [0.3, 0.4) is 0 Å². The summed E-state index contributed by atoms with van der Waals surface area (Å²) in [5, 5.41) is 1.11. The Balaban J connectivity index is 1.83. The number of nitrogens with zero attached hydrogens (tertiary/aromatic N) is 2. The fourth-order valence-electron chi connectivity index (χ4n) is 2.77. The molecule has 2 N–H and O–H groups in total. The van der Waals surface area contributed by atoms with Gasteiger partial charge in [-0.1, -0.05) is 55.8 Å².